The fourth-order valence-corrected chi connectivity index (χ4v) is 5.12. The standard InChI is InChI=1S/C16H21NO3S/c1-4-12-6-8-13(9-7-12)14-15(21(18,19)5-2)16(14,10-17)11-20-3/h6-9,14-15H,4-5,11H2,1-3H3. The Bertz CT molecular complexity index is 645. The maximum absolute atomic E-state index is 12.3. The highest BCUT2D eigenvalue weighted by atomic mass is 32.2. The van der Waals surface area contributed by atoms with Crippen LogP contribution in [0.2, 0.25) is 0 Å². The molecule has 4 nitrogen and oxygen atoms in total. The molecule has 1 aliphatic rings. The van der Waals surface area contributed by atoms with Gasteiger partial charge in [0.1, 0.15) is 5.41 Å². The highest BCUT2D eigenvalue weighted by molar-refractivity contribution is 7.92. The first-order chi connectivity index (χ1) is 9.96. The number of aryl methyl sites for hydroxylation is 1. The highest BCUT2D eigenvalue weighted by Gasteiger charge is 2.71. The van der Waals surface area contributed by atoms with Gasteiger partial charge in [0, 0.05) is 18.8 Å². The highest BCUT2D eigenvalue weighted by Crippen LogP contribution is 2.62. The molecule has 0 saturated heterocycles. The van der Waals surface area contributed by atoms with E-state index in [0.29, 0.717) is 0 Å². The van der Waals surface area contributed by atoms with Gasteiger partial charge in [-0.2, -0.15) is 5.26 Å². The first-order valence-electron chi connectivity index (χ1n) is 7.17. The van der Waals surface area contributed by atoms with Crippen molar-refractivity contribution >= 4 is 9.84 Å². The summed E-state index contributed by atoms with van der Waals surface area (Å²) in [6.07, 6.45) is 0.934. The van der Waals surface area contributed by atoms with Crippen molar-refractivity contribution in [2.24, 2.45) is 5.41 Å². The number of methoxy groups -OCH3 is 1. The number of nitrogens with zero attached hydrogens (tertiary/aromatic N) is 1. The number of sulfone groups is 1. The van der Waals surface area contributed by atoms with E-state index >= 15 is 0 Å². The predicted molar refractivity (Wildman–Crippen MR) is 81.7 cm³/mol. The van der Waals surface area contributed by atoms with Gasteiger partial charge in [0.15, 0.2) is 9.84 Å². The van der Waals surface area contributed by atoms with E-state index in [2.05, 4.69) is 13.0 Å². The minimum Gasteiger partial charge on any atom is -0.383 e. The van der Waals surface area contributed by atoms with Crippen molar-refractivity contribution in [1.29, 1.82) is 5.26 Å². The fraction of sp³-hybridized carbons (Fsp3) is 0.562. The van der Waals surface area contributed by atoms with Crippen molar-refractivity contribution in [3.8, 4) is 6.07 Å². The molecule has 0 heterocycles. The molecule has 0 N–H and O–H groups in total. The molecule has 0 aliphatic heterocycles. The third-order valence-corrected chi connectivity index (χ3v) is 6.66. The van der Waals surface area contributed by atoms with E-state index in [-0.39, 0.29) is 18.3 Å². The smallest absolute Gasteiger partial charge is 0.155 e. The van der Waals surface area contributed by atoms with Crippen LogP contribution in [0.1, 0.15) is 30.9 Å². The topological polar surface area (TPSA) is 67.2 Å². The molecule has 2 rings (SSSR count). The Balaban J connectivity index is 2.42. The first kappa shape index (κ1) is 16.0. The summed E-state index contributed by atoms with van der Waals surface area (Å²) in [5, 5.41) is 8.90. The van der Waals surface area contributed by atoms with E-state index in [4.69, 9.17) is 4.74 Å². The fourth-order valence-electron chi connectivity index (χ4n) is 3.12. The lowest BCUT2D eigenvalue weighted by Gasteiger charge is -2.07. The number of rotatable bonds is 6. The second-order valence-electron chi connectivity index (χ2n) is 5.53. The van der Waals surface area contributed by atoms with Crippen LogP contribution in [0.25, 0.3) is 0 Å². The monoisotopic (exact) mass is 307 g/mol. The van der Waals surface area contributed by atoms with Crippen LogP contribution in [0.3, 0.4) is 0 Å². The summed E-state index contributed by atoms with van der Waals surface area (Å²) in [7, 11) is -1.78. The molecule has 1 saturated carbocycles. The Morgan fingerprint density at radius 2 is 1.90 bits per heavy atom. The van der Waals surface area contributed by atoms with Gasteiger partial charge in [0.25, 0.3) is 0 Å². The molecule has 1 aromatic rings. The molecule has 5 heteroatoms. The SMILES string of the molecule is CCc1ccc(C2C(S(=O)(=O)CC)C2(C#N)COC)cc1. The Labute approximate surface area is 126 Å². The maximum Gasteiger partial charge on any atom is 0.155 e. The Morgan fingerprint density at radius 3 is 2.33 bits per heavy atom. The van der Waals surface area contributed by atoms with Gasteiger partial charge < -0.3 is 4.74 Å². The van der Waals surface area contributed by atoms with Crippen LogP contribution in [-0.2, 0) is 21.0 Å². The lowest BCUT2D eigenvalue weighted by Crippen LogP contribution is -2.20. The average molecular weight is 307 g/mol. The third kappa shape index (κ3) is 2.58. The van der Waals surface area contributed by atoms with Crippen LogP contribution < -0.4 is 0 Å². The van der Waals surface area contributed by atoms with E-state index in [9.17, 15) is 13.7 Å². The van der Waals surface area contributed by atoms with Gasteiger partial charge in [0.2, 0.25) is 0 Å². The lowest BCUT2D eigenvalue weighted by molar-refractivity contribution is 0.162. The summed E-state index contributed by atoms with van der Waals surface area (Å²) in [4.78, 5) is 0. The van der Waals surface area contributed by atoms with E-state index < -0.39 is 20.5 Å². The molecule has 1 fully saturated rings. The van der Waals surface area contributed by atoms with E-state index in [1.165, 1.54) is 12.7 Å². The predicted octanol–water partition coefficient (Wildman–Crippen LogP) is 2.31. The summed E-state index contributed by atoms with van der Waals surface area (Å²) < 4.78 is 29.8. The van der Waals surface area contributed by atoms with Crippen LogP contribution in [0.4, 0.5) is 0 Å². The molecule has 0 spiro atoms. The zero-order valence-corrected chi connectivity index (χ0v) is 13.5. The lowest BCUT2D eigenvalue weighted by atomic mass is 10.00. The molecule has 1 aliphatic carbocycles. The van der Waals surface area contributed by atoms with Gasteiger partial charge in [-0.25, -0.2) is 8.42 Å². The number of hydrogen-bond donors (Lipinski definition) is 0. The van der Waals surface area contributed by atoms with Gasteiger partial charge in [-0.15, -0.1) is 0 Å². The van der Waals surface area contributed by atoms with E-state index in [1.807, 2.05) is 24.3 Å². The second-order valence-corrected chi connectivity index (χ2v) is 7.94. The van der Waals surface area contributed by atoms with E-state index in [0.717, 1.165) is 12.0 Å². The summed E-state index contributed by atoms with van der Waals surface area (Å²) in [6, 6.07) is 10.1. The van der Waals surface area contributed by atoms with Gasteiger partial charge in [-0.05, 0) is 17.5 Å². The summed E-state index contributed by atoms with van der Waals surface area (Å²) >= 11 is 0. The molecule has 0 bridgehead atoms. The molecule has 0 radical (unpaired) electrons. The van der Waals surface area contributed by atoms with Crippen LogP contribution in [0.15, 0.2) is 24.3 Å². The van der Waals surface area contributed by atoms with Gasteiger partial charge >= 0.3 is 0 Å². The van der Waals surface area contributed by atoms with Gasteiger partial charge in [-0.1, -0.05) is 38.1 Å². The summed E-state index contributed by atoms with van der Waals surface area (Å²) in [6.45, 7) is 3.84. The summed E-state index contributed by atoms with van der Waals surface area (Å²) in [5.74, 6) is -0.243. The zero-order chi connectivity index (χ0) is 15.7. The van der Waals surface area contributed by atoms with E-state index in [1.54, 1.807) is 6.92 Å². The molecular formula is C16H21NO3S. The molecule has 21 heavy (non-hydrogen) atoms. The van der Waals surface area contributed by atoms with Crippen LogP contribution in [-0.4, -0.2) is 33.1 Å². The largest absolute Gasteiger partial charge is 0.383 e. The molecule has 1 aromatic carbocycles. The minimum atomic E-state index is -3.28. The Kier molecular flexibility index (Phi) is 4.40. The van der Waals surface area contributed by atoms with Crippen LogP contribution in [0, 0.1) is 16.7 Å². The number of benzene rings is 1. The second kappa shape index (κ2) is 5.78. The third-order valence-electron chi connectivity index (χ3n) is 4.38. The maximum atomic E-state index is 12.3. The van der Waals surface area contributed by atoms with Crippen LogP contribution in [0.5, 0.6) is 0 Å². The van der Waals surface area contributed by atoms with Gasteiger partial charge in [-0.3, -0.25) is 0 Å². The van der Waals surface area contributed by atoms with Crippen molar-refractivity contribution in [3.63, 3.8) is 0 Å². The molecule has 0 aromatic heterocycles. The Hall–Kier alpha value is -1.38. The van der Waals surface area contributed by atoms with Crippen molar-refractivity contribution in [2.75, 3.05) is 19.5 Å². The van der Waals surface area contributed by atoms with Crippen molar-refractivity contribution in [2.45, 2.75) is 31.4 Å². The number of nitriles is 1. The molecule has 114 valence electrons. The molecule has 0 amide bonds. The zero-order valence-electron chi connectivity index (χ0n) is 12.7. The quantitative estimate of drug-likeness (QED) is 0.809. The normalized spacial score (nSPS) is 28.1. The minimum absolute atomic E-state index is 0.0500. The average Bonchev–Trinajstić information content (AvgIpc) is 3.18. The van der Waals surface area contributed by atoms with Gasteiger partial charge in [0.05, 0.1) is 17.9 Å². The first-order valence-corrected chi connectivity index (χ1v) is 8.89. The summed E-state index contributed by atoms with van der Waals surface area (Å²) in [5.41, 5.74) is 1.16. The Morgan fingerprint density at radius 1 is 1.29 bits per heavy atom. The molecule has 3 atom stereocenters. The number of hydrogen-bond acceptors (Lipinski definition) is 4. The molecule has 3 unspecified atom stereocenters. The number of ether oxygens (including phenoxy) is 1. The van der Waals surface area contributed by atoms with Crippen molar-refractivity contribution in [1.82, 2.24) is 0 Å². The van der Waals surface area contributed by atoms with Crippen LogP contribution >= 0.6 is 0 Å². The molecular weight excluding hydrogens is 286 g/mol. The van der Waals surface area contributed by atoms with Crippen molar-refractivity contribution in [3.05, 3.63) is 35.4 Å². The van der Waals surface area contributed by atoms with Crippen molar-refractivity contribution < 1.29 is 13.2 Å².